The van der Waals surface area contributed by atoms with E-state index in [1.807, 2.05) is 0 Å². The van der Waals surface area contributed by atoms with Crippen molar-refractivity contribution in [1.82, 2.24) is 25.3 Å². The minimum Gasteiger partial charge on any atom is -0.344 e. The van der Waals surface area contributed by atoms with E-state index < -0.39 is 0 Å². The van der Waals surface area contributed by atoms with Gasteiger partial charge in [0, 0.05) is 12.5 Å². The number of rotatable bonds is 4. The van der Waals surface area contributed by atoms with Crippen molar-refractivity contribution in [3.8, 4) is 5.69 Å². The molecule has 2 heterocycles. The molecule has 1 amide bonds. The molecule has 29 heavy (non-hydrogen) atoms. The van der Waals surface area contributed by atoms with Gasteiger partial charge in [-0.3, -0.25) is 14.7 Å². The second-order valence-corrected chi connectivity index (χ2v) is 8.23. The molecule has 2 aromatic heterocycles. The highest BCUT2D eigenvalue weighted by molar-refractivity contribution is 5.97. The summed E-state index contributed by atoms with van der Waals surface area (Å²) in [5, 5.41) is 14.0. The van der Waals surface area contributed by atoms with Crippen LogP contribution >= 0.6 is 0 Å². The lowest BCUT2D eigenvalue weighted by Crippen LogP contribution is -2.37. The second kappa shape index (κ2) is 6.95. The maximum atomic E-state index is 13.7. The van der Waals surface area contributed by atoms with Gasteiger partial charge in [-0.25, -0.2) is 9.07 Å². The summed E-state index contributed by atoms with van der Waals surface area (Å²) in [5.74, 6) is -0.873. The van der Waals surface area contributed by atoms with Crippen LogP contribution in [0.3, 0.4) is 0 Å². The highest BCUT2D eigenvalue weighted by atomic mass is 19.1. The van der Waals surface area contributed by atoms with Gasteiger partial charge in [0.25, 0.3) is 5.91 Å². The molecule has 4 rings (SSSR count). The Labute approximate surface area is 167 Å². The van der Waals surface area contributed by atoms with Gasteiger partial charge in [-0.2, -0.15) is 10.2 Å². The van der Waals surface area contributed by atoms with Crippen molar-refractivity contribution in [2.75, 3.05) is 0 Å². The average molecular weight is 395 g/mol. The number of benzene rings is 1. The first-order valence-corrected chi connectivity index (χ1v) is 9.43. The lowest BCUT2D eigenvalue weighted by molar-refractivity contribution is 0.0913. The van der Waals surface area contributed by atoms with Gasteiger partial charge < -0.3 is 5.32 Å². The summed E-state index contributed by atoms with van der Waals surface area (Å²) < 4.78 is 15.4. The Kier molecular flexibility index (Phi) is 4.56. The van der Waals surface area contributed by atoms with Gasteiger partial charge in [-0.05, 0) is 42.5 Å². The zero-order valence-corrected chi connectivity index (χ0v) is 16.5. The van der Waals surface area contributed by atoms with Crippen LogP contribution in [-0.4, -0.2) is 31.7 Å². The largest absolute Gasteiger partial charge is 0.344 e. The molecule has 1 unspecified atom stereocenters. The molecule has 0 aliphatic heterocycles. The summed E-state index contributed by atoms with van der Waals surface area (Å²) in [7, 11) is 0. The van der Waals surface area contributed by atoms with Crippen molar-refractivity contribution < 1.29 is 14.0 Å². The van der Waals surface area contributed by atoms with E-state index >= 15 is 0 Å². The number of carbonyl (C=O) groups excluding carboxylic acids is 2. The predicted octanol–water partition coefficient (Wildman–Crippen LogP) is 3.38. The molecule has 0 saturated carbocycles. The lowest BCUT2D eigenvalue weighted by atomic mass is 9.74. The van der Waals surface area contributed by atoms with Crippen LogP contribution in [0.2, 0.25) is 0 Å². The molecule has 0 spiro atoms. The van der Waals surface area contributed by atoms with Crippen LogP contribution in [0.1, 0.15) is 65.5 Å². The first-order chi connectivity index (χ1) is 13.7. The summed E-state index contributed by atoms with van der Waals surface area (Å²) in [6.07, 6.45) is 3.21. The summed E-state index contributed by atoms with van der Waals surface area (Å²) in [6, 6.07) is 7.48. The Bertz CT molecular complexity index is 1100. The van der Waals surface area contributed by atoms with Crippen LogP contribution in [0, 0.1) is 11.2 Å². The number of hydrogen-bond acceptors (Lipinski definition) is 4. The Morgan fingerprint density at radius 2 is 2.10 bits per heavy atom. The Morgan fingerprint density at radius 1 is 1.31 bits per heavy atom. The second-order valence-electron chi connectivity index (χ2n) is 8.23. The highest BCUT2D eigenvalue weighted by Gasteiger charge is 2.36. The summed E-state index contributed by atoms with van der Waals surface area (Å²) >= 11 is 0. The molecule has 8 heteroatoms. The third-order valence-corrected chi connectivity index (χ3v) is 5.22. The van der Waals surface area contributed by atoms with Gasteiger partial charge in [0.1, 0.15) is 17.2 Å². The molecule has 3 aromatic rings. The number of carbonyl (C=O) groups is 2. The summed E-state index contributed by atoms with van der Waals surface area (Å²) in [5.41, 5.74) is 2.87. The molecule has 150 valence electrons. The van der Waals surface area contributed by atoms with E-state index in [4.69, 9.17) is 0 Å². The van der Waals surface area contributed by atoms with Crippen molar-refractivity contribution in [3.05, 3.63) is 65.0 Å². The third-order valence-electron chi connectivity index (χ3n) is 5.22. The van der Waals surface area contributed by atoms with Crippen molar-refractivity contribution in [2.24, 2.45) is 5.41 Å². The van der Waals surface area contributed by atoms with Crippen molar-refractivity contribution in [3.63, 3.8) is 0 Å². The molecule has 0 fully saturated rings. The zero-order chi connectivity index (χ0) is 20.8. The van der Waals surface area contributed by atoms with Gasteiger partial charge in [0.15, 0.2) is 5.78 Å². The SMILES string of the molecule is CC(=O)c1cc(C(=O)NC2CC(C)(C)Cc3c2cnn3-c2cccc(F)c2)[nH]n1. The highest BCUT2D eigenvalue weighted by Crippen LogP contribution is 2.41. The van der Waals surface area contributed by atoms with Crippen molar-refractivity contribution in [1.29, 1.82) is 0 Å². The van der Waals surface area contributed by atoms with Crippen molar-refractivity contribution >= 4 is 11.7 Å². The van der Waals surface area contributed by atoms with Gasteiger partial charge >= 0.3 is 0 Å². The Hall–Kier alpha value is -3.29. The number of Topliss-reactive ketones (excluding diaryl/α,β-unsaturated/α-hetero) is 1. The van der Waals surface area contributed by atoms with Gasteiger partial charge in [0.2, 0.25) is 0 Å². The molecular weight excluding hydrogens is 373 g/mol. The molecule has 7 nitrogen and oxygen atoms in total. The monoisotopic (exact) mass is 395 g/mol. The minimum absolute atomic E-state index is 0.0887. The number of nitrogens with one attached hydrogen (secondary N) is 2. The number of amides is 1. The van der Waals surface area contributed by atoms with E-state index in [0.717, 1.165) is 24.1 Å². The van der Waals surface area contributed by atoms with Gasteiger partial charge in [-0.15, -0.1) is 0 Å². The molecule has 0 radical (unpaired) electrons. The molecular formula is C21H22FN5O2. The van der Waals surface area contributed by atoms with Crippen LogP contribution in [0.25, 0.3) is 5.69 Å². The van der Waals surface area contributed by atoms with E-state index in [0.29, 0.717) is 5.69 Å². The van der Waals surface area contributed by atoms with E-state index in [-0.39, 0.29) is 40.4 Å². The van der Waals surface area contributed by atoms with E-state index in [2.05, 4.69) is 34.5 Å². The fourth-order valence-corrected chi connectivity index (χ4v) is 3.86. The fourth-order valence-electron chi connectivity index (χ4n) is 3.86. The Balaban J connectivity index is 1.66. The number of halogens is 1. The minimum atomic E-state index is -0.336. The molecule has 1 aliphatic rings. The number of aromatic amines is 1. The number of nitrogens with zero attached hydrogens (tertiary/aromatic N) is 3. The standard InChI is InChI=1S/C21H22FN5O2/c1-12(28)16-8-17(26-25-16)20(29)24-18-9-21(2,3)10-19-15(18)11-23-27(19)14-6-4-5-13(22)7-14/h4-8,11,18H,9-10H2,1-3H3,(H,24,29)(H,25,26). The molecule has 0 bridgehead atoms. The predicted molar refractivity (Wildman–Crippen MR) is 104 cm³/mol. The van der Waals surface area contributed by atoms with Crippen molar-refractivity contribution in [2.45, 2.75) is 39.7 Å². The Morgan fingerprint density at radius 3 is 2.79 bits per heavy atom. The molecule has 2 N–H and O–H groups in total. The van der Waals surface area contributed by atoms with Crippen LogP contribution in [0.15, 0.2) is 36.5 Å². The smallest absolute Gasteiger partial charge is 0.269 e. The molecule has 0 saturated heterocycles. The van der Waals surface area contributed by atoms with Gasteiger partial charge in [0.05, 0.1) is 23.6 Å². The molecule has 1 atom stereocenters. The van der Waals surface area contributed by atoms with E-state index in [9.17, 15) is 14.0 Å². The quantitative estimate of drug-likeness (QED) is 0.663. The lowest BCUT2D eigenvalue weighted by Gasteiger charge is -2.35. The van der Waals surface area contributed by atoms with Crippen LogP contribution in [0.5, 0.6) is 0 Å². The van der Waals surface area contributed by atoms with Crippen LogP contribution in [0.4, 0.5) is 4.39 Å². The summed E-state index contributed by atoms with van der Waals surface area (Å²) in [6.45, 7) is 5.65. The number of H-pyrrole nitrogens is 1. The molecule has 1 aromatic carbocycles. The summed E-state index contributed by atoms with van der Waals surface area (Å²) in [4.78, 5) is 24.2. The fraction of sp³-hybridized carbons (Fsp3) is 0.333. The number of ketones is 1. The first kappa shape index (κ1) is 19.0. The zero-order valence-electron chi connectivity index (χ0n) is 16.5. The maximum absolute atomic E-state index is 13.7. The third kappa shape index (κ3) is 3.70. The topological polar surface area (TPSA) is 92.7 Å². The average Bonchev–Trinajstić information content (AvgIpc) is 3.28. The first-order valence-electron chi connectivity index (χ1n) is 9.43. The van der Waals surface area contributed by atoms with Crippen LogP contribution < -0.4 is 5.32 Å². The van der Waals surface area contributed by atoms with E-state index in [1.165, 1.54) is 25.1 Å². The number of hydrogen-bond donors (Lipinski definition) is 2. The normalized spacial score (nSPS) is 17.6. The maximum Gasteiger partial charge on any atom is 0.269 e. The molecule has 1 aliphatic carbocycles. The van der Waals surface area contributed by atoms with E-state index in [1.54, 1.807) is 23.0 Å². The van der Waals surface area contributed by atoms with Gasteiger partial charge in [-0.1, -0.05) is 19.9 Å². The van der Waals surface area contributed by atoms with Crippen LogP contribution in [-0.2, 0) is 6.42 Å². The number of aromatic nitrogens is 4. The number of fused-ring (bicyclic) bond motifs is 1.